The van der Waals surface area contributed by atoms with E-state index >= 15 is 0 Å². The van der Waals surface area contributed by atoms with Crippen LogP contribution >= 0.6 is 11.6 Å². The second-order valence-electron chi connectivity index (χ2n) is 7.44. The van der Waals surface area contributed by atoms with Gasteiger partial charge in [-0.3, -0.25) is 4.79 Å². The maximum atomic E-state index is 13.6. The first-order valence-corrected chi connectivity index (χ1v) is 10.3. The Morgan fingerprint density at radius 2 is 1.97 bits per heavy atom. The summed E-state index contributed by atoms with van der Waals surface area (Å²) in [5, 5.41) is 13.8. The monoisotopic (exact) mass is 443 g/mol. The molecule has 0 spiro atoms. The number of para-hydroxylation sites is 1. The van der Waals surface area contributed by atoms with Gasteiger partial charge in [-0.1, -0.05) is 48.0 Å². The van der Waals surface area contributed by atoms with Crippen molar-refractivity contribution in [2.75, 3.05) is 5.32 Å². The van der Waals surface area contributed by atoms with Gasteiger partial charge in [-0.25, -0.2) is 4.39 Å². The summed E-state index contributed by atoms with van der Waals surface area (Å²) < 4.78 is 15.6. The molecule has 6 heteroatoms. The predicted molar refractivity (Wildman–Crippen MR) is 126 cm³/mol. The lowest BCUT2D eigenvalue weighted by Gasteiger charge is -2.08. The highest BCUT2D eigenvalue weighted by Crippen LogP contribution is 2.26. The number of nitriles is 1. The Labute approximate surface area is 190 Å². The molecule has 0 saturated carbocycles. The zero-order valence-corrected chi connectivity index (χ0v) is 18.0. The van der Waals surface area contributed by atoms with E-state index in [1.54, 1.807) is 30.3 Å². The van der Waals surface area contributed by atoms with Crippen LogP contribution in [0.2, 0.25) is 5.02 Å². The molecular formula is C26H19ClFN3O. The zero-order valence-electron chi connectivity index (χ0n) is 17.3. The largest absolute Gasteiger partial charge is 0.342 e. The summed E-state index contributed by atoms with van der Waals surface area (Å²) >= 11 is 6.03. The number of halogens is 2. The minimum absolute atomic E-state index is 0.0296. The molecule has 0 unspecified atom stereocenters. The minimum atomic E-state index is -0.514. The lowest BCUT2D eigenvalue weighted by atomic mass is 10.1. The van der Waals surface area contributed by atoms with E-state index in [1.807, 2.05) is 54.1 Å². The van der Waals surface area contributed by atoms with Crippen LogP contribution in [0, 0.1) is 24.1 Å². The van der Waals surface area contributed by atoms with Gasteiger partial charge >= 0.3 is 0 Å². The van der Waals surface area contributed by atoms with Gasteiger partial charge in [0.05, 0.1) is 0 Å². The molecule has 0 bridgehead atoms. The van der Waals surface area contributed by atoms with Crippen LogP contribution in [0.15, 0.2) is 78.5 Å². The van der Waals surface area contributed by atoms with Crippen molar-refractivity contribution in [1.29, 1.82) is 5.26 Å². The van der Waals surface area contributed by atoms with E-state index in [9.17, 15) is 14.4 Å². The highest BCUT2D eigenvalue weighted by atomic mass is 35.5. The van der Waals surface area contributed by atoms with Gasteiger partial charge in [-0.05, 0) is 54.5 Å². The van der Waals surface area contributed by atoms with Crippen molar-refractivity contribution in [1.82, 2.24) is 4.57 Å². The lowest BCUT2D eigenvalue weighted by molar-refractivity contribution is -0.112. The highest BCUT2D eigenvalue weighted by molar-refractivity contribution is 6.31. The molecule has 1 heterocycles. The molecule has 0 radical (unpaired) electrons. The number of hydrogen-bond donors (Lipinski definition) is 1. The molecule has 4 rings (SSSR count). The normalized spacial score (nSPS) is 11.4. The van der Waals surface area contributed by atoms with Gasteiger partial charge in [0.15, 0.2) is 0 Å². The van der Waals surface area contributed by atoms with Gasteiger partial charge in [0, 0.05) is 39.9 Å². The van der Waals surface area contributed by atoms with E-state index in [-0.39, 0.29) is 11.4 Å². The van der Waals surface area contributed by atoms with Crippen LogP contribution in [-0.4, -0.2) is 10.5 Å². The van der Waals surface area contributed by atoms with Gasteiger partial charge in [0.1, 0.15) is 17.5 Å². The lowest BCUT2D eigenvalue weighted by Crippen LogP contribution is -2.14. The number of hydrogen-bond acceptors (Lipinski definition) is 2. The third-order valence-corrected chi connectivity index (χ3v) is 5.41. The Bertz CT molecular complexity index is 1400. The fourth-order valence-corrected chi connectivity index (χ4v) is 3.75. The van der Waals surface area contributed by atoms with Crippen LogP contribution in [-0.2, 0) is 11.3 Å². The Morgan fingerprint density at radius 1 is 1.16 bits per heavy atom. The van der Waals surface area contributed by atoms with E-state index < -0.39 is 5.91 Å². The van der Waals surface area contributed by atoms with Crippen LogP contribution in [0.1, 0.15) is 16.7 Å². The molecule has 1 amide bonds. The standard InChI is InChI=1S/C26H19ClFN3O/c1-17-9-10-21(27)13-24(17)30-26(32)19(14-29)12-20-16-31(25-8-3-2-7-23(20)25)15-18-5-4-6-22(28)11-18/h2-13,16H,15H2,1H3,(H,30,32)/b19-12+. The number of nitrogens with one attached hydrogen (secondary N) is 1. The van der Waals surface area contributed by atoms with Gasteiger partial charge in [-0.2, -0.15) is 5.26 Å². The summed E-state index contributed by atoms with van der Waals surface area (Å²) in [6.45, 7) is 2.31. The van der Waals surface area contributed by atoms with Crippen LogP contribution in [0.4, 0.5) is 10.1 Å². The fourth-order valence-electron chi connectivity index (χ4n) is 3.58. The summed E-state index contributed by atoms with van der Waals surface area (Å²) in [7, 11) is 0. The van der Waals surface area contributed by atoms with Gasteiger partial charge in [-0.15, -0.1) is 0 Å². The van der Waals surface area contributed by atoms with Gasteiger partial charge in [0.2, 0.25) is 0 Å². The molecule has 32 heavy (non-hydrogen) atoms. The number of aryl methyl sites for hydroxylation is 1. The SMILES string of the molecule is Cc1ccc(Cl)cc1NC(=O)/C(C#N)=C/c1cn(Cc2cccc(F)c2)c2ccccc12. The number of fused-ring (bicyclic) bond motifs is 1. The molecule has 0 aliphatic carbocycles. The van der Waals surface area contributed by atoms with E-state index in [4.69, 9.17) is 11.6 Å². The molecule has 1 N–H and O–H groups in total. The Kier molecular flexibility index (Phi) is 6.07. The number of aromatic nitrogens is 1. The van der Waals surface area contributed by atoms with Crippen molar-refractivity contribution in [2.24, 2.45) is 0 Å². The Morgan fingerprint density at radius 3 is 2.75 bits per heavy atom. The third kappa shape index (κ3) is 4.56. The van der Waals surface area contributed by atoms with E-state index in [0.717, 1.165) is 27.6 Å². The molecule has 0 atom stereocenters. The number of rotatable bonds is 5. The Hall–Kier alpha value is -3.88. The number of amides is 1. The van der Waals surface area contributed by atoms with Crippen LogP contribution in [0.25, 0.3) is 17.0 Å². The summed E-state index contributed by atoms with van der Waals surface area (Å²) in [5.41, 5.74) is 3.83. The summed E-state index contributed by atoms with van der Waals surface area (Å²) in [6.07, 6.45) is 3.43. The molecule has 3 aromatic carbocycles. The maximum absolute atomic E-state index is 13.6. The first-order valence-electron chi connectivity index (χ1n) is 9.96. The molecule has 158 valence electrons. The zero-order chi connectivity index (χ0) is 22.7. The molecular weight excluding hydrogens is 425 g/mol. The molecule has 0 fully saturated rings. The number of carbonyl (C=O) groups is 1. The molecule has 0 aliphatic heterocycles. The third-order valence-electron chi connectivity index (χ3n) is 5.17. The van der Waals surface area contributed by atoms with E-state index in [1.165, 1.54) is 12.1 Å². The Balaban J connectivity index is 1.69. The minimum Gasteiger partial charge on any atom is -0.342 e. The maximum Gasteiger partial charge on any atom is 0.266 e. The smallest absolute Gasteiger partial charge is 0.266 e. The first-order chi connectivity index (χ1) is 15.4. The van der Waals surface area contributed by atoms with Crippen molar-refractivity contribution in [3.8, 4) is 6.07 Å². The highest BCUT2D eigenvalue weighted by Gasteiger charge is 2.14. The van der Waals surface area contributed by atoms with Crippen molar-refractivity contribution in [3.63, 3.8) is 0 Å². The van der Waals surface area contributed by atoms with Crippen molar-refractivity contribution in [3.05, 3.63) is 106 Å². The molecule has 4 aromatic rings. The summed E-state index contributed by atoms with van der Waals surface area (Å²) in [6, 6.07) is 21.3. The molecule has 0 saturated heterocycles. The molecule has 0 aliphatic rings. The molecule has 4 nitrogen and oxygen atoms in total. The van der Waals surface area contributed by atoms with Crippen LogP contribution in [0.3, 0.4) is 0 Å². The average Bonchev–Trinajstić information content (AvgIpc) is 3.12. The number of anilines is 1. The van der Waals surface area contributed by atoms with Crippen molar-refractivity contribution < 1.29 is 9.18 Å². The van der Waals surface area contributed by atoms with Gasteiger partial charge < -0.3 is 9.88 Å². The second-order valence-corrected chi connectivity index (χ2v) is 7.88. The molecule has 1 aromatic heterocycles. The van der Waals surface area contributed by atoms with Crippen LogP contribution < -0.4 is 5.32 Å². The van der Waals surface area contributed by atoms with E-state index in [2.05, 4.69) is 5.32 Å². The first kappa shape index (κ1) is 21.4. The second kappa shape index (κ2) is 9.09. The fraction of sp³-hybridized carbons (Fsp3) is 0.0769. The number of benzene rings is 3. The number of nitrogens with zero attached hydrogens (tertiary/aromatic N) is 2. The van der Waals surface area contributed by atoms with Crippen molar-refractivity contribution >= 4 is 40.2 Å². The predicted octanol–water partition coefficient (Wildman–Crippen LogP) is 6.34. The van der Waals surface area contributed by atoms with Crippen molar-refractivity contribution in [2.45, 2.75) is 13.5 Å². The number of carbonyl (C=O) groups excluding carboxylic acids is 1. The topological polar surface area (TPSA) is 57.8 Å². The summed E-state index contributed by atoms with van der Waals surface area (Å²) in [4.78, 5) is 12.8. The van der Waals surface area contributed by atoms with Crippen LogP contribution in [0.5, 0.6) is 0 Å². The average molecular weight is 444 g/mol. The quantitative estimate of drug-likeness (QED) is 0.289. The summed E-state index contributed by atoms with van der Waals surface area (Å²) in [5.74, 6) is -0.807. The van der Waals surface area contributed by atoms with Gasteiger partial charge in [0.25, 0.3) is 5.91 Å². The van der Waals surface area contributed by atoms with E-state index in [0.29, 0.717) is 17.3 Å².